The number of nitrogens with two attached hydrogens (primary N) is 1. The van der Waals surface area contributed by atoms with Gasteiger partial charge in [0.25, 0.3) is 0 Å². The summed E-state index contributed by atoms with van der Waals surface area (Å²) in [6, 6.07) is 10.1. The summed E-state index contributed by atoms with van der Waals surface area (Å²) in [5.41, 5.74) is 9.18. The van der Waals surface area contributed by atoms with Crippen LogP contribution in [0, 0.1) is 11.2 Å². The van der Waals surface area contributed by atoms with Crippen molar-refractivity contribution in [3.63, 3.8) is 0 Å². The molecule has 4 aliphatic heterocycles. The van der Waals surface area contributed by atoms with E-state index >= 15 is 4.39 Å². The van der Waals surface area contributed by atoms with Crippen LogP contribution in [0.5, 0.6) is 5.75 Å². The third-order valence-electron chi connectivity index (χ3n) is 12.5. The maximum absolute atomic E-state index is 15.7. The standard InChI is InChI=1S/C43H54FN13O5S/c1-27(2)62-39-38(28(22-45)23-46)47-25-57-40(39)50-42(51-57)48-33-8-7-31(21-32(33)44)63(61)54-19-15-43(24-54)14-5-16-56(43)29-12-17-53(18-13-29)30-6-9-34(36(20-30)52(3)4)55(26-58)35-10-11-37(59)49-41(35)60/h6-9,20-23,25-27,29,35,45H,5,10-19,24,46H2,1-4H3,(H,48,51)(H,49,59,60)/b28-23+,45-22?. The fraction of sp³-hybridized carbons (Fsp3) is 0.465. The number of hydrogen-bond donors (Lipinski definition) is 4. The van der Waals surface area contributed by atoms with Gasteiger partial charge in [-0.1, -0.05) is 0 Å². The first-order valence-corrected chi connectivity index (χ1v) is 22.4. The van der Waals surface area contributed by atoms with Crippen molar-refractivity contribution in [1.82, 2.24) is 34.1 Å². The predicted octanol–water partition coefficient (Wildman–Crippen LogP) is 3.81. The van der Waals surface area contributed by atoms with Crippen LogP contribution in [-0.4, -0.2) is 128 Å². The number of nitrogens with one attached hydrogen (secondary N) is 3. The maximum atomic E-state index is 15.7. The number of allylic oxidation sites excluding steroid dienone is 1. The highest BCUT2D eigenvalue weighted by Gasteiger charge is 2.50. The highest BCUT2D eigenvalue weighted by Crippen LogP contribution is 2.43. The van der Waals surface area contributed by atoms with Gasteiger partial charge in [-0.2, -0.15) is 9.50 Å². The largest absolute Gasteiger partial charge is 0.485 e. The summed E-state index contributed by atoms with van der Waals surface area (Å²) in [5.74, 6) is -1.01. The lowest BCUT2D eigenvalue weighted by Gasteiger charge is -2.45. The topological polar surface area (TPSA) is 211 Å². The van der Waals surface area contributed by atoms with Crippen molar-refractivity contribution in [3.05, 3.63) is 60.4 Å². The molecule has 6 heterocycles. The molecule has 0 radical (unpaired) electrons. The Balaban J connectivity index is 0.909. The van der Waals surface area contributed by atoms with Gasteiger partial charge < -0.3 is 35.9 Å². The number of fused-ring (bicyclic) bond motifs is 1. The number of anilines is 5. The van der Waals surface area contributed by atoms with Gasteiger partial charge in [-0.15, -0.1) is 5.10 Å². The van der Waals surface area contributed by atoms with Crippen molar-refractivity contribution < 1.29 is 27.7 Å². The summed E-state index contributed by atoms with van der Waals surface area (Å²) in [6.07, 6.45) is 9.52. The highest BCUT2D eigenvalue weighted by atomic mass is 32.2. The van der Waals surface area contributed by atoms with E-state index in [1.165, 1.54) is 28.0 Å². The molecule has 3 amide bonds. The van der Waals surface area contributed by atoms with Crippen LogP contribution in [0.2, 0.25) is 0 Å². The van der Waals surface area contributed by atoms with E-state index in [4.69, 9.17) is 15.9 Å². The van der Waals surface area contributed by atoms with E-state index in [0.717, 1.165) is 69.3 Å². The molecule has 0 aliphatic carbocycles. The fourth-order valence-corrected chi connectivity index (χ4v) is 10.8. The van der Waals surface area contributed by atoms with Crippen molar-refractivity contribution in [1.29, 1.82) is 5.41 Å². The van der Waals surface area contributed by atoms with Gasteiger partial charge >= 0.3 is 0 Å². The summed E-state index contributed by atoms with van der Waals surface area (Å²) in [4.78, 5) is 54.4. The number of piperidine rings is 2. The van der Waals surface area contributed by atoms with Crippen molar-refractivity contribution in [3.8, 4) is 5.75 Å². The van der Waals surface area contributed by atoms with Gasteiger partial charge in [-0.25, -0.2) is 17.9 Å². The van der Waals surface area contributed by atoms with Crippen LogP contribution in [0.4, 0.5) is 33.1 Å². The van der Waals surface area contributed by atoms with Crippen LogP contribution in [0.1, 0.15) is 64.5 Å². The van der Waals surface area contributed by atoms with Crippen molar-refractivity contribution >= 4 is 75.3 Å². The molecule has 3 atom stereocenters. The molecule has 4 saturated heterocycles. The lowest BCUT2D eigenvalue weighted by Crippen LogP contribution is -2.54. The number of ether oxygens (including phenoxy) is 1. The number of aromatic nitrogens is 4. The summed E-state index contributed by atoms with van der Waals surface area (Å²) in [7, 11) is 2.24. The van der Waals surface area contributed by atoms with Crippen LogP contribution >= 0.6 is 0 Å². The van der Waals surface area contributed by atoms with Crippen LogP contribution in [-0.2, 0) is 25.4 Å². The van der Waals surface area contributed by atoms with E-state index in [2.05, 4.69) is 41.6 Å². The molecule has 4 fully saturated rings. The minimum atomic E-state index is -1.57. The zero-order chi connectivity index (χ0) is 44.6. The molecule has 2 aromatic carbocycles. The van der Waals surface area contributed by atoms with Gasteiger partial charge in [0.05, 0.1) is 28.1 Å². The van der Waals surface area contributed by atoms with E-state index in [-0.39, 0.29) is 47.8 Å². The van der Waals surface area contributed by atoms with E-state index < -0.39 is 28.8 Å². The maximum Gasteiger partial charge on any atom is 0.249 e. The monoisotopic (exact) mass is 883 g/mol. The smallest absolute Gasteiger partial charge is 0.249 e. The average Bonchev–Trinajstić information content (AvgIpc) is 4.02. The number of likely N-dealkylation sites (tertiary alicyclic amines) is 1. The van der Waals surface area contributed by atoms with Gasteiger partial charge in [-0.05, 0) is 95.3 Å². The van der Waals surface area contributed by atoms with Gasteiger partial charge in [-0.3, -0.25) is 24.6 Å². The number of carbonyl (C=O) groups excluding carboxylic acids is 3. The zero-order valence-electron chi connectivity index (χ0n) is 35.9. The number of imide groups is 1. The Morgan fingerprint density at radius 1 is 1.10 bits per heavy atom. The minimum Gasteiger partial charge on any atom is -0.485 e. The first kappa shape index (κ1) is 43.7. The fourth-order valence-electron chi connectivity index (χ4n) is 9.50. The zero-order valence-corrected chi connectivity index (χ0v) is 36.7. The predicted molar refractivity (Wildman–Crippen MR) is 239 cm³/mol. The third kappa shape index (κ3) is 8.58. The normalized spacial score (nSPS) is 21.9. The number of benzene rings is 2. The van der Waals surface area contributed by atoms with Gasteiger partial charge in [0, 0.05) is 82.0 Å². The molecule has 0 saturated carbocycles. The van der Waals surface area contributed by atoms with Crippen LogP contribution in [0.3, 0.4) is 0 Å². The molecule has 3 unspecified atom stereocenters. The number of nitrogens with zero attached hydrogens (tertiary/aromatic N) is 9. The number of rotatable bonds is 14. The Kier molecular flexibility index (Phi) is 12.5. The molecular weight excluding hydrogens is 830 g/mol. The van der Waals surface area contributed by atoms with Gasteiger partial charge in [0.15, 0.2) is 5.75 Å². The molecule has 334 valence electrons. The first-order valence-electron chi connectivity index (χ1n) is 21.3. The number of halogens is 1. The van der Waals surface area contributed by atoms with Crippen molar-refractivity contribution in [2.45, 2.75) is 87.4 Å². The lowest BCUT2D eigenvalue weighted by atomic mass is 9.91. The molecule has 20 heteroatoms. The second kappa shape index (κ2) is 18.0. The number of hydrogen-bond acceptors (Lipinski definition) is 14. The molecule has 5 N–H and O–H groups in total. The molecule has 2 aromatic heterocycles. The summed E-state index contributed by atoms with van der Waals surface area (Å²) >= 11 is 0. The van der Waals surface area contributed by atoms with Crippen molar-refractivity contribution in [2.75, 3.05) is 66.8 Å². The SMILES string of the molecule is CC(C)Oc1c(/C(C=N)=C/N)ncn2nc(Nc3ccc(S(=O)N4CCC5(CCCN5C5CCN(c6ccc(N(C=O)C7CCC(=O)NC7=O)c(N(C)C)c6)CC5)C4)cc3F)nc12. The van der Waals surface area contributed by atoms with Crippen LogP contribution in [0.15, 0.2) is 53.8 Å². The quantitative estimate of drug-likeness (QED) is 0.0808. The van der Waals surface area contributed by atoms with E-state index in [9.17, 15) is 18.6 Å². The molecule has 63 heavy (non-hydrogen) atoms. The Bertz CT molecular complexity index is 2470. The van der Waals surface area contributed by atoms with Crippen molar-refractivity contribution in [2.24, 2.45) is 5.73 Å². The number of carbonyl (C=O) groups is 3. The molecule has 18 nitrogen and oxygen atoms in total. The van der Waals surface area contributed by atoms with Crippen LogP contribution < -0.4 is 35.8 Å². The molecule has 1 spiro atoms. The summed E-state index contributed by atoms with van der Waals surface area (Å²) in [6.45, 7) is 7.64. The second-order valence-electron chi connectivity index (χ2n) is 17.0. The second-order valence-corrected chi connectivity index (χ2v) is 18.5. The Hall–Kier alpha value is -5.99. The third-order valence-corrected chi connectivity index (χ3v) is 14.0. The van der Waals surface area contributed by atoms with E-state index in [1.54, 1.807) is 12.1 Å². The van der Waals surface area contributed by atoms with Gasteiger partial charge in [0.2, 0.25) is 29.8 Å². The lowest BCUT2D eigenvalue weighted by molar-refractivity contribution is -0.134. The minimum absolute atomic E-state index is 0.0984. The van der Waals surface area contributed by atoms with E-state index in [0.29, 0.717) is 53.0 Å². The van der Waals surface area contributed by atoms with Crippen LogP contribution in [0.25, 0.3) is 11.2 Å². The Labute approximate surface area is 367 Å². The molecular formula is C43H54FN13O5S. The molecule has 0 bridgehead atoms. The Morgan fingerprint density at radius 3 is 2.57 bits per heavy atom. The van der Waals surface area contributed by atoms with Gasteiger partial charge in [0.1, 0.15) is 34.9 Å². The summed E-state index contributed by atoms with van der Waals surface area (Å²) in [5, 5.41) is 17.4. The molecule has 4 aromatic rings. The average molecular weight is 884 g/mol. The Morgan fingerprint density at radius 2 is 1.89 bits per heavy atom. The summed E-state index contributed by atoms with van der Waals surface area (Å²) < 4.78 is 39.1. The number of amides is 3. The first-order chi connectivity index (χ1) is 30.3. The highest BCUT2D eigenvalue weighted by molar-refractivity contribution is 7.82. The van der Waals surface area contributed by atoms with E-state index in [1.807, 2.05) is 49.3 Å². The molecule has 4 aliphatic rings. The molecule has 8 rings (SSSR count).